The summed E-state index contributed by atoms with van der Waals surface area (Å²) < 4.78 is 6.55. The molecule has 0 saturated heterocycles. The van der Waals surface area contributed by atoms with Crippen LogP contribution in [0.25, 0.3) is 5.69 Å². The number of methoxy groups -OCH3 is 1. The molecule has 0 unspecified atom stereocenters. The van der Waals surface area contributed by atoms with Crippen LogP contribution in [0, 0.1) is 0 Å². The average molecular weight is 424 g/mol. The second kappa shape index (κ2) is 7.81. The molecule has 0 N–H and O–H groups in total. The zero-order chi connectivity index (χ0) is 20.7. The molecule has 8 heteroatoms. The first-order valence-corrected chi connectivity index (χ1v) is 10.5. The van der Waals surface area contributed by atoms with Crippen LogP contribution in [0.5, 0.6) is 0 Å². The second-order valence-electron chi connectivity index (χ2n) is 7.79. The first-order valence-electron chi connectivity index (χ1n) is 10.1. The van der Waals surface area contributed by atoms with Crippen molar-refractivity contribution in [3.05, 3.63) is 70.0 Å². The molecule has 0 amide bonds. The molecule has 2 aromatic heterocycles. The third kappa shape index (κ3) is 3.59. The Kier molecular flexibility index (Phi) is 5.00. The summed E-state index contributed by atoms with van der Waals surface area (Å²) >= 11 is 6.69. The number of benzene rings is 1. The molecular formula is C22H22ClN5O2. The van der Waals surface area contributed by atoms with Crippen molar-refractivity contribution >= 4 is 17.6 Å². The summed E-state index contributed by atoms with van der Waals surface area (Å²) in [5.74, 6) is 1.05. The molecule has 5 rings (SSSR count). The third-order valence-corrected chi connectivity index (χ3v) is 6.04. The molecule has 3 aromatic rings. The maximum atomic E-state index is 12.4. The Bertz CT molecular complexity index is 1090. The van der Waals surface area contributed by atoms with Crippen molar-refractivity contribution in [1.29, 1.82) is 0 Å². The van der Waals surface area contributed by atoms with Gasteiger partial charge in [-0.1, -0.05) is 29.8 Å². The Morgan fingerprint density at radius 1 is 1.27 bits per heavy atom. The van der Waals surface area contributed by atoms with Crippen LogP contribution < -0.4 is 0 Å². The fourth-order valence-electron chi connectivity index (χ4n) is 3.86. The molecule has 154 valence electrons. The summed E-state index contributed by atoms with van der Waals surface area (Å²) in [6.45, 7) is 2.05. The van der Waals surface area contributed by atoms with Crippen molar-refractivity contribution in [2.45, 2.75) is 38.3 Å². The minimum Gasteiger partial charge on any atom is -0.464 e. The molecule has 0 spiro atoms. The highest BCUT2D eigenvalue weighted by Gasteiger charge is 2.30. The number of hydrogen-bond donors (Lipinski definition) is 0. The van der Waals surface area contributed by atoms with Gasteiger partial charge in [0.05, 0.1) is 12.8 Å². The van der Waals surface area contributed by atoms with Gasteiger partial charge >= 0.3 is 5.97 Å². The lowest BCUT2D eigenvalue weighted by molar-refractivity contribution is 0.0591. The Morgan fingerprint density at radius 3 is 2.80 bits per heavy atom. The third-order valence-electron chi connectivity index (χ3n) is 5.66. The van der Waals surface area contributed by atoms with Crippen LogP contribution in [0.1, 0.15) is 51.9 Å². The molecule has 2 aliphatic rings. The lowest BCUT2D eigenvalue weighted by atomic mass is 10.1. The summed E-state index contributed by atoms with van der Waals surface area (Å²) in [6.07, 6.45) is 5.21. The minimum atomic E-state index is -0.489. The first-order chi connectivity index (χ1) is 14.6. The van der Waals surface area contributed by atoms with Gasteiger partial charge in [0.25, 0.3) is 0 Å². The molecular weight excluding hydrogens is 402 g/mol. The summed E-state index contributed by atoms with van der Waals surface area (Å²) in [5, 5.41) is 4.88. The Morgan fingerprint density at radius 2 is 2.07 bits per heavy atom. The van der Waals surface area contributed by atoms with Crippen molar-refractivity contribution in [2.24, 2.45) is 0 Å². The molecule has 1 aromatic carbocycles. The van der Waals surface area contributed by atoms with E-state index in [4.69, 9.17) is 21.3 Å². The number of carbonyl (C=O) groups excluding carboxylic acids is 1. The van der Waals surface area contributed by atoms with Crippen molar-refractivity contribution in [3.63, 3.8) is 0 Å². The summed E-state index contributed by atoms with van der Waals surface area (Å²) in [7, 11) is 1.35. The van der Waals surface area contributed by atoms with E-state index in [0.29, 0.717) is 29.7 Å². The number of aromatic nitrogens is 4. The van der Waals surface area contributed by atoms with Gasteiger partial charge in [-0.05, 0) is 25.0 Å². The molecule has 7 nitrogen and oxygen atoms in total. The van der Waals surface area contributed by atoms with Gasteiger partial charge in [0.1, 0.15) is 11.0 Å². The van der Waals surface area contributed by atoms with Gasteiger partial charge in [-0.15, -0.1) is 0 Å². The Balaban J connectivity index is 1.42. The number of para-hydroxylation sites is 1. The maximum absolute atomic E-state index is 12.4. The smallest absolute Gasteiger partial charge is 0.358 e. The van der Waals surface area contributed by atoms with Crippen LogP contribution in [0.15, 0.2) is 36.5 Å². The largest absolute Gasteiger partial charge is 0.464 e. The van der Waals surface area contributed by atoms with E-state index in [9.17, 15) is 4.79 Å². The van der Waals surface area contributed by atoms with E-state index in [1.807, 2.05) is 36.5 Å². The van der Waals surface area contributed by atoms with Gasteiger partial charge in [-0.25, -0.2) is 19.4 Å². The molecule has 0 bridgehead atoms. The lowest BCUT2D eigenvalue weighted by Crippen LogP contribution is -2.31. The molecule has 3 heterocycles. The molecule has 1 aliphatic carbocycles. The number of fused-ring (bicyclic) bond motifs is 1. The van der Waals surface area contributed by atoms with E-state index in [-0.39, 0.29) is 5.69 Å². The number of halogens is 1. The van der Waals surface area contributed by atoms with Crippen LogP contribution in [-0.2, 0) is 24.2 Å². The number of hydrogen-bond acceptors (Lipinski definition) is 6. The number of rotatable bonds is 5. The van der Waals surface area contributed by atoms with Gasteiger partial charge in [-0.2, -0.15) is 5.10 Å². The van der Waals surface area contributed by atoms with E-state index in [1.165, 1.54) is 20.0 Å². The van der Waals surface area contributed by atoms with Crippen LogP contribution >= 0.6 is 11.6 Å². The number of esters is 1. The topological polar surface area (TPSA) is 73.1 Å². The predicted octanol–water partition coefficient (Wildman–Crippen LogP) is 3.54. The lowest BCUT2D eigenvalue weighted by Gasteiger charge is -2.28. The van der Waals surface area contributed by atoms with Gasteiger partial charge in [0, 0.05) is 55.0 Å². The summed E-state index contributed by atoms with van der Waals surface area (Å²) in [6, 6.07) is 9.53. The van der Waals surface area contributed by atoms with Crippen LogP contribution in [0.4, 0.5) is 0 Å². The van der Waals surface area contributed by atoms with Gasteiger partial charge in [-0.3, -0.25) is 4.90 Å². The SMILES string of the molecule is COC(=O)c1nn(-c2ccccc2)c(Cl)c1CN1CCc2nc(C3CC3)ncc2C1. The van der Waals surface area contributed by atoms with E-state index >= 15 is 0 Å². The second-order valence-corrected chi connectivity index (χ2v) is 8.15. The highest BCUT2D eigenvalue weighted by Crippen LogP contribution is 2.38. The number of nitrogens with zero attached hydrogens (tertiary/aromatic N) is 5. The van der Waals surface area contributed by atoms with E-state index in [1.54, 1.807) is 4.68 Å². The van der Waals surface area contributed by atoms with Gasteiger partial charge < -0.3 is 4.74 Å². The summed E-state index contributed by atoms with van der Waals surface area (Å²) in [5.41, 5.74) is 3.99. The fraction of sp³-hybridized carbons (Fsp3) is 0.364. The van der Waals surface area contributed by atoms with Crippen LogP contribution in [0.3, 0.4) is 0 Å². The van der Waals surface area contributed by atoms with Crippen molar-refractivity contribution in [2.75, 3.05) is 13.7 Å². The zero-order valence-electron chi connectivity index (χ0n) is 16.7. The normalized spacial score (nSPS) is 16.3. The predicted molar refractivity (Wildman–Crippen MR) is 112 cm³/mol. The number of carbonyl (C=O) groups is 1. The van der Waals surface area contributed by atoms with Crippen molar-refractivity contribution in [1.82, 2.24) is 24.6 Å². The molecule has 1 saturated carbocycles. The fourth-order valence-corrected chi connectivity index (χ4v) is 4.14. The molecule has 30 heavy (non-hydrogen) atoms. The van der Waals surface area contributed by atoms with Gasteiger partial charge in [0.2, 0.25) is 0 Å². The summed E-state index contributed by atoms with van der Waals surface area (Å²) in [4.78, 5) is 24.0. The Hall–Kier alpha value is -2.77. The standard InChI is InChI=1S/C22H22ClN5O2/c1-30-22(29)19-17(20(23)28(26-19)16-5-3-2-4-6-16)13-27-10-9-18-15(12-27)11-24-21(25-18)14-7-8-14/h2-6,11,14H,7-10,12-13H2,1H3. The van der Waals surface area contributed by atoms with E-state index in [2.05, 4.69) is 15.0 Å². The highest BCUT2D eigenvalue weighted by molar-refractivity contribution is 6.31. The molecule has 1 fully saturated rings. The monoisotopic (exact) mass is 423 g/mol. The van der Waals surface area contributed by atoms with Crippen molar-refractivity contribution in [3.8, 4) is 5.69 Å². The zero-order valence-corrected chi connectivity index (χ0v) is 17.5. The molecule has 0 radical (unpaired) electrons. The first kappa shape index (κ1) is 19.2. The van der Waals surface area contributed by atoms with E-state index < -0.39 is 5.97 Å². The molecule has 1 aliphatic heterocycles. The Labute approximate surface area is 179 Å². The van der Waals surface area contributed by atoms with Crippen LogP contribution in [0.2, 0.25) is 5.15 Å². The quantitative estimate of drug-likeness (QED) is 0.584. The van der Waals surface area contributed by atoms with Crippen molar-refractivity contribution < 1.29 is 9.53 Å². The van der Waals surface area contributed by atoms with Gasteiger partial charge in [0.15, 0.2) is 5.69 Å². The van der Waals surface area contributed by atoms with E-state index in [0.717, 1.165) is 35.7 Å². The number of ether oxygens (including phenoxy) is 1. The molecule has 0 atom stereocenters. The minimum absolute atomic E-state index is 0.248. The van der Waals surface area contributed by atoms with Crippen LogP contribution in [-0.4, -0.2) is 44.3 Å². The highest BCUT2D eigenvalue weighted by atomic mass is 35.5. The average Bonchev–Trinajstić information content (AvgIpc) is 3.59. The maximum Gasteiger partial charge on any atom is 0.358 e.